The van der Waals surface area contributed by atoms with Gasteiger partial charge in [-0.3, -0.25) is 4.90 Å². The van der Waals surface area contributed by atoms with Crippen LogP contribution in [0, 0.1) is 11.8 Å². The highest BCUT2D eigenvalue weighted by atomic mass is 16.5. The van der Waals surface area contributed by atoms with Crippen LogP contribution < -0.4 is 5.32 Å². The summed E-state index contributed by atoms with van der Waals surface area (Å²) < 4.78 is 6.40. The molecule has 0 spiro atoms. The highest BCUT2D eigenvalue weighted by Gasteiger charge is 2.54. The molecule has 1 N–H and O–H groups in total. The third-order valence-electron chi connectivity index (χ3n) is 5.34. The van der Waals surface area contributed by atoms with Gasteiger partial charge < -0.3 is 10.1 Å². The van der Waals surface area contributed by atoms with E-state index in [4.69, 9.17) is 4.74 Å². The molecule has 0 amide bonds. The summed E-state index contributed by atoms with van der Waals surface area (Å²) in [4.78, 5) is 2.67. The summed E-state index contributed by atoms with van der Waals surface area (Å²) >= 11 is 0. The van der Waals surface area contributed by atoms with Gasteiger partial charge in [0, 0.05) is 31.1 Å². The molecule has 0 radical (unpaired) electrons. The number of hydrogen-bond donors (Lipinski definition) is 1. The van der Waals surface area contributed by atoms with Gasteiger partial charge in [0.05, 0.1) is 11.2 Å². The zero-order chi connectivity index (χ0) is 15.1. The first-order valence-corrected chi connectivity index (χ1v) is 8.35. The van der Waals surface area contributed by atoms with Crippen LogP contribution in [-0.2, 0) is 4.74 Å². The Kier molecular flexibility index (Phi) is 4.54. The van der Waals surface area contributed by atoms with Gasteiger partial charge in [0.25, 0.3) is 0 Å². The number of likely N-dealkylation sites (tertiary alicyclic amines) is 1. The van der Waals surface area contributed by atoms with Gasteiger partial charge in [-0.25, -0.2) is 0 Å². The van der Waals surface area contributed by atoms with Gasteiger partial charge in [-0.2, -0.15) is 0 Å². The molecule has 3 heteroatoms. The summed E-state index contributed by atoms with van der Waals surface area (Å²) in [6.45, 7) is 19.3. The SMILES string of the molecule is CCNC1C(CN2CC(C)CC2C)C(C)(C)OC1(C)C. The van der Waals surface area contributed by atoms with E-state index in [2.05, 4.69) is 58.7 Å². The molecule has 4 unspecified atom stereocenters. The average Bonchev–Trinajstić information content (AvgIpc) is 2.67. The van der Waals surface area contributed by atoms with Crippen molar-refractivity contribution in [3.05, 3.63) is 0 Å². The lowest BCUT2D eigenvalue weighted by molar-refractivity contribution is -0.0797. The maximum absolute atomic E-state index is 6.40. The van der Waals surface area contributed by atoms with Crippen LogP contribution in [0.3, 0.4) is 0 Å². The molecule has 20 heavy (non-hydrogen) atoms. The van der Waals surface area contributed by atoms with Crippen molar-refractivity contribution < 1.29 is 4.74 Å². The highest BCUT2D eigenvalue weighted by molar-refractivity contribution is 5.06. The molecule has 118 valence electrons. The van der Waals surface area contributed by atoms with Crippen LogP contribution in [0.15, 0.2) is 0 Å². The second kappa shape index (κ2) is 5.58. The van der Waals surface area contributed by atoms with E-state index in [0.29, 0.717) is 18.0 Å². The molecule has 3 nitrogen and oxygen atoms in total. The molecule has 0 aliphatic carbocycles. The number of ether oxygens (including phenoxy) is 1. The third-order valence-corrected chi connectivity index (χ3v) is 5.34. The molecule has 2 saturated heterocycles. The van der Waals surface area contributed by atoms with E-state index in [1.165, 1.54) is 13.0 Å². The summed E-state index contributed by atoms with van der Waals surface area (Å²) in [5.74, 6) is 1.38. The molecule has 4 atom stereocenters. The Labute approximate surface area is 125 Å². The van der Waals surface area contributed by atoms with Crippen molar-refractivity contribution >= 4 is 0 Å². The molecule has 2 heterocycles. The summed E-state index contributed by atoms with van der Waals surface area (Å²) in [6, 6.07) is 1.15. The molecule has 0 saturated carbocycles. The number of rotatable bonds is 4. The van der Waals surface area contributed by atoms with Crippen LogP contribution in [0.5, 0.6) is 0 Å². The zero-order valence-corrected chi connectivity index (χ0v) is 14.5. The van der Waals surface area contributed by atoms with Crippen molar-refractivity contribution in [1.82, 2.24) is 10.2 Å². The van der Waals surface area contributed by atoms with Gasteiger partial charge in [-0.05, 0) is 53.5 Å². The maximum atomic E-state index is 6.40. The van der Waals surface area contributed by atoms with E-state index in [9.17, 15) is 0 Å². The molecule has 0 bridgehead atoms. The molecule has 0 aromatic carbocycles. The molecule has 2 fully saturated rings. The second-order valence-electron chi connectivity index (χ2n) is 8.09. The van der Waals surface area contributed by atoms with Crippen LogP contribution in [0.25, 0.3) is 0 Å². The predicted octanol–water partition coefficient (Wildman–Crippen LogP) is 2.90. The Bertz CT molecular complexity index is 340. The minimum Gasteiger partial charge on any atom is -0.368 e. The summed E-state index contributed by atoms with van der Waals surface area (Å²) in [5.41, 5.74) is -0.138. The number of hydrogen-bond acceptors (Lipinski definition) is 3. The highest BCUT2D eigenvalue weighted by Crippen LogP contribution is 2.43. The zero-order valence-electron chi connectivity index (χ0n) is 14.5. The average molecular weight is 282 g/mol. The Morgan fingerprint density at radius 1 is 1.15 bits per heavy atom. The summed E-state index contributed by atoms with van der Waals surface area (Å²) in [7, 11) is 0. The number of nitrogens with one attached hydrogen (secondary N) is 1. The molecule has 2 aliphatic rings. The number of nitrogens with zero attached hydrogens (tertiary/aromatic N) is 1. The molecular formula is C17H34N2O. The first-order valence-electron chi connectivity index (χ1n) is 8.35. The molecule has 0 aromatic rings. The monoisotopic (exact) mass is 282 g/mol. The Morgan fingerprint density at radius 3 is 2.30 bits per heavy atom. The minimum absolute atomic E-state index is 0.0537. The lowest BCUT2D eigenvalue weighted by atomic mass is 9.82. The van der Waals surface area contributed by atoms with Crippen molar-refractivity contribution in [3.63, 3.8) is 0 Å². The van der Waals surface area contributed by atoms with Crippen LogP contribution in [0.4, 0.5) is 0 Å². The quantitative estimate of drug-likeness (QED) is 0.858. The molecular weight excluding hydrogens is 248 g/mol. The Morgan fingerprint density at radius 2 is 1.80 bits per heavy atom. The standard InChI is InChI=1S/C17H34N2O/c1-8-18-15-14(16(4,5)20-17(15,6)7)11-19-10-12(2)9-13(19)3/h12-15,18H,8-11H2,1-7H3. The van der Waals surface area contributed by atoms with Gasteiger partial charge in [0.1, 0.15) is 0 Å². The topological polar surface area (TPSA) is 24.5 Å². The van der Waals surface area contributed by atoms with Crippen LogP contribution in [-0.4, -0.2) is 47.8 Å². The van der Waals surface area contributed by atoms with Gasteiger partial charge in [0.15, 0.2) is 0 Å². The smallest absolute Gasteiger partial charge is 0.0790 e. The van der Waals surface area contributed by atoms with E-state index < -0.39 is 0 Å². The third kappa shape index (κ3) is 3.05. The van der Waals surface area contributed by atoms with E-state index in [0.717, 1.165) is 19.0 Å². The van der Waals surface area contributed by atoms with E-state index in [1.54, 1.807) is 0 Å². The van der Waals surface area contributed by atoms with Crippen LogP contribution in [0.2, 0.25) is 0 Å². The lowest BCUT2D eigenvalue weighted by Gasteiger charge is -2.34. The second-order valence-corrected chi connectivity index (χ2v) is 8.09. The normalized spacial score (nSPS) is 40.4. The number of likely N-dealkylation sites (N-methyl/N-ethyl adjacent to an activating group) is 1. The fourth-order valence-electron chi connectivity index (χ4n) is 4.53. The largest absolute Gasteiger partial charge is 0.368 e. The molecule has 2 rings (SSSR count). The van der Waals surface area contributed by atoms with Crippen molar-refractivity contribution in [3.8, 4) is 0 Å². The van der Waals surface area contributed by atoms with Crippen LogP contribution >= 0.6 is 0 Å². The fraction of sp³-hybridized carbons (Fsp3) is 1.00. The lowest BCUT2D eigenvalue weighted by Crippen LogP contribution is -2.51. The van der Waals surface area contributed by atoms with Crippen molar-refractivity contribution in [1.29, 1.82) is 0 Å². The molecule has 0 aromatic heterocycles. The van der Waals surface area contributed by atoms with E-state index in [-0.39, 0.29) is 11.2 Å². The van der Waals surface area contributed by atoms with Crippen molar-refractivity contribution in [2.75, 3.05) is 19.6 Å². The van der Waals surface area contributed by atoms with Gasteiger partial charge in [0.2, 0.25) is 0 Å². The fourth-order valence-corrected chi connectivity index (χ4v) is 4.53. The molecule has 2 aliphatic heterocycles. The first kappa shape index (κ1) is 16.3. The van der Waals surface area contributed by atoms with E-state index >= 15 is 0 Å². The minimum atomic E-state index is -0.0846. The summed E-state index contributed by atoms with van der Waals surface area (Å²) in [5, 5.41) is 3.69. The maximum Gasteiger partial charge on any atom is 0.0790 e. The van der Waals surface area contributed by atoms with Gasteiger partial charge >= 0.3 is 0 Å². The van der Waals surface area contributed by atoms with Gasteiger partial charge in [-0.15, -0.1) is 0 Å². The Hall–Kier alpha value is -0.120. The van der Waals surface area contributed by atoms with Crippen molar-refractivity contribution in [2.45, 2.75) is 78.2 Å². The van der Waals surface area contributed by atoms with E-state index in [1.807, 2.05) is 0 Å². The van der Waals surface area contributed by atoms with Crippen LogP contribution in [0.1, 0.15) is 54.9 Å². The Balaban J connectivity index is 2.14. The first-order chi connectivity index (χ1) is 9.17. The van der Waals surface area contributed by atoms with Crippen molar-refractivity contribution in [2.24, 2.45) is 11.8 Å². The van der Waals surface area contributed by atoms with Gasteiger partial charge in [-0.1, -0.05) is 13.8 Å². The predicted molar refractivity (Wildman–Crippen MR) is 85.0 cm³/mol. The summed E-state index contributed by atoms with van der Waals surface area (Å²) in [6.07, 6.45) is 1.34.